The monoisotopic (exact) mass is 295 g/mol. The van der Waals surface area contributed by atoms with E-state index in [0.717, 1.165) is 0 Å². The number of aromatic nitrogens is 1. The van der Waals surface area contributed by atoms with Crippen molar-refractivity contribution in [1.29, 1.82) is 0 Å². The molecule has 1 aromatic carbocycles. The highest BCUT2D eigenvalue weighted by molar-refractivity contribution is 7.87. The van der Waals surface area contributed by atoms with E-state index in [4.69, 9.17) is 8.71 Å². The maximum atomic E-state index is 12.2. The Morgan fingerprint density at radius 1 is 1.30 bits per heavy atom. The fourth-order valence-corrected chi connectivity index (χ4v) is 3.00. The first-order valence-corrected chi connectivity index (χ1v) is 7.20. The second kappa shape index (κ2) is 5.09. The van der Waals surface area contributed by atoms with E-state index in [-0.39, 0.29) is 27.9 Å². The SMILES string of the molecule is CC(=O)c1cccc(OS(=O)(=O)c2c(C)noc2C)c1. The summed E-state index contributed by atoms with van der Waals surface area (Å²) in [6.45, 7) is 4.39. The summed E-state index contributed by atoms with van der Waals surface area (Å²) in [5, 5.41) is 3.58. The maximum Gasteiger partial charge on any atom is 0.344 e. The number of hydrogen-bond donors (Lipinski definition) is 0. The number of hydrogen-bond acceptors (Lipinski definition) is 6. The molecule has 0 fully saturated rings. The van der Waals surface area contributed by atoms with Crippen LogP contribution in [-0.4, -0.2) is 19.4 Å². The summed E-state index contributed by atoms with van der Waals surface area (Å²) in [7, 11) is -4.04. The number of carbonyl (C=O) groups excluding carboxylic acids is 1. The molecule has 0 aliphatic rings. The van der Waals surface area contributed by atoms with Gasteiger partial charge in [-0.05, 0) is 32.9 Å². The third-order valence-corrected chi connectivity index (χ3v) is 4.16. The van der Waals surface area contributed by atoms with Gasteiger partial charge in [0.1, 0.15) is 11.4 Å². The Labute approximate surface area is 116 Å². The van der Waals surface area contributed by atoms with E-state index in [2.05, 4.69) is 5.16 Å². The van der Waals surface area contributed by atoms with Crippen LogP contribution in [-0.2, 0) is 10.1 Å². The minimum absolute atomic E-state index is 0.0673. The van der Waals surface area contributed by atoms with Crippen LogP contribution in [0.4, 0.5) is 0 Å². The van der Waals surface area contributed by atoms with E-state index >= 15 is 0 Å². The van der Waals surface area contributed by atoms with Crippen molar-refractivity contribution in [2.45, 2.75) is 25.7 Å². The second-order valence-electron chi connectivity index (χ2n) is 4.27. The standard InChI is InChI=1S/C13H13NO5S/c1-8-13(10(3)18-14-8)20(16,17)19-12-6-4-5-11(7-12)9(2)15/h4-7H,1-3H3. The van der Waals surface area contributed by atoms with Gasteiger partial charge < -0.3 is 8.71 Å². The number of benzene rings is 1. The number of aryl methyl sites for hydroxylation is 2. The largest absolute Gasteiger partial charge is 0.379 e. The molecule has 0 spiro atoms. The van der Waals surface area contributed by atoms with E-state index in [9.17, 15) is 13.2 Å². The Morgan fingerprint density at radius 3 is 2.55 bits per heavy atom. The Balaban J connectivity index is 2.39. The molecule has 0 saturated carbocycles. The van der Waals surface area contributed by atoms with E-state index in [1.54, 1.807) is 12.1 Å². The molecule has 0 radical (unpaired) electrons. The zero-order chi connectivity index (χ0) is 14.9. The van der Waals surface area contributed by atoms with Crippen LogP contribution in [0.3, 0.4) is 0 Å². The van der Waals surface area contributed by atoms with Gasteiger partial charge in [-0.15, -0.1) is 0 Å². The normalized spacial score (nSPS) is 11.3. The third kappa shape index (κ3) is 2.72. The molecule has 0 saturated heterocycles. The van der Waals surface area contributed by atoms with Crippen LogP contribution in [0.2, 0.25) is 0 Å². The molecule has 2 rings (SSSR count). The molecule has 7 heteroatoms. The Bertz CT molecular complexity index is 741. The van der Waals surface area contributed by atoms with Crippen LogP contribution >= 0.6 is 0 Å². The lowest BCUT2D eigenvalue weighted by Gasteiger charge is -2.07. The maximum absolute atomic E-state index is 12.2. The molecule has 0 bridgehead atoms. The van der Waals surface area contributed by atoms with Gasteiger partial charge in [0.25, 0.3) is 0 Å². The van der Waals surface area contributed by atoms with E-state index in [0.29, 0.717) is 5.56 Å². The second-order valence-corrected chi connectivity index (χ2v) is 5.76. The van der Waals surface area contributed by atoms with Crippen molar-refractivity contribution in [2.75, 3.05) is 0 Å². The van der Waals surface area contributed by atoms with Gasteiger partial charge in [-0.1, -0.05) is 17.3 Å². The van der Waals surface area contributed by atoms with Gasteiger partial charge in [0, 0.05) is 5.56 Å². The summed E-state index contributed by atoms with van der Waals surface area (Å²) in [6, 6.07) is 5.97. The van der Waals surface area contributed by atoms with E-state index < -0.39 is 10.1 Å². The van der Waals surface area contributed by atoms with Gasteiger partial charge in [-0.3, -0.25) is 4.79 Å². The van der Waals surface area contributed by atoms with Gasteiger partial charge in [-0.25, -0.2) is 0 Å². The topological polar surface area (TPSA) is 86.5 Å². The Kier molecular flexibility index (Phi) is 3.63. The summed E-state index contributed by atoms with van der Waals surface area (Å²) >= 11 is 0. The lowest BCUT2D eigenvalue weighted by molar-refractivity contribution is 0.101. The van der Waals surface area contributed by atoms with Crippen LogP contribution in [0, 0.1) is 13.8 Å². The molecule has 0 atom stereocenters. The third-order valence-electron chi connectivity index (χ3n) is 2.66. The van der Waals surface area contributed by atoms with Gasteiger partial charge in [-0.2, -0.15) is 8.42 Å². The molecular formula is C13H13NO5S. The number of Topliss-reactive ketones (excluding diaryl/α,β-unsaturated/α-hetero) is 1. The highest BCUT2D eigenvalue weighted by atomic mass is 32.2. The molecule has 0 amide bonds. The van der Waals surface area contributed by atoms with Gasteiger partial charge in [0.2, 0.25) is 0 Å². The summed E-state index contributed by atoms with van der Waals surface area (Å²) in [6.07, 6.45) is 0. The molecule has 6 nitrogen and oxygen atoms in total. The zero-order valence-corrected chi connectivity index (χ0v) is 12.0. The van der Waals surface area contributed by atoms with Crippen LogP contribution < -0.4 is 4.18 Å². The Hall–Kier alpha value is -2.15. The first-order valence-electron chi connectivity index (χ1n) is 5.79. The van der Waals surface area contributed by atoms with Gasteiger partial charge >= 0.3 is 10.1 Å². The summed E-state index contributed by atoms with van der Waals surface area (Å²) < 4.78 is 34.2. The van der Waals surface area contributed by atoms with Crippen LogP contribution in [0.5, 0.6) is 5.75 Å². The number of rotatable bonds is 4. The zero-order valence-electron chi connectivity index (χ0n) is 11.2. The lowest BCUT2D eigenvalue weighted by atomic mass is 10.1. The average Bonchev–Trinajstić information content (AvgIpc) is 2.69. The lowest BCUT2D eigenvalue weighted by Crippen LogP contribution is -2.11. The molecule has 20 heavy (non-hydrogen) atoms. The summed E-state index contributed by atoms with van der Waals surface area (Å²) in [5.74, 6) is 0.0492. The highest BCUT2D eigenvalue weighted by Gasteiger charge is 2.26. The van der Waals surface area contributed by atoms with Crippen molar-refractivity contribution >= 4 is 15.9 Å². The van der Waals surface area contributed by atoms with E-state index in [1.165, 1.54) is 32.9 Å². The predicted molar refractivity (Wildman–Crippen MR) is 70.2 cm³/mol. The fourth-order valence-electron chi connectivity index (χ4n) is 1.77. The first kappa shape index (κ1) is 14.3. The summed E-state index contributed by atoms with van der Waals surface area (Å²) in [4.78, 5) is 11.2. The molecule has 1 aromatic heterocycles. The van der Waals surface area contributed by atoms with Crippen LogP contribution in [0.1, 0.15) is 28.7 Å². The summed E-state index contributed by atoms with van der Waals surface area (Å²) in [5.41, 5.74) is 0.599. The molecule has 2 aromatic rings. The van der Waals surface area contributed by atoms with Gasteiger partial charge in [0.15, 0.2) is 16.4 Å². The van der Waals surface area contributed by atoms with Crippen LogP contribution in [0.25, 0.3) is 0 Å². The minimum atomic E-state index is -4.04. The first-order chi connectivity index (χ1) is 9.31. The molecular weight excluding hydrogens is 282 g/mol. The number of carbonyl (C=O) groups is 1. The number of ketones is 1. The van der Waals surface area contributed by atoms with Crippen LogP contribution in [0.15, 0.2) is 33.7 Å². The van der Waals surface area contributed by atoms with Gasteiger partial charge in [0.05, 0.1) is 0 Å². The minimum Gasteiger partial charge on any atom is -0.379 e. The van der Waals surface area contributed by atoms with Crippen molar-refractivity contribution in [2.24, 2.45) is 0 Å². The highest BCUT2D eigenvalue weighted by Crippen LogP contribution is 2.24. The average molecular weight is 295 g/mol. The van der Waals surface area contributed by atoms with Crippen molar-refractivity contribution in [3.8, 4) is 5.75 Å². The fraction of sp³-hybridized carbons (Fsp3) is 0.231. The Morgan fingerprint density at radius 2 is 2.00 bits per heavy atom. The quantitative estimate of drug-likeness (QED) is 0.635. The molecule has 0 unspecified atom stereocenters. The molecule has 0 N–H and O–H groups in total. The van der Waals surface area contributed by atoms with E-state index in [1.807, 2.05) is 0 Å². The van der Waals surface area contributed by atoms with Crippen molar-refractivity contribution in [1.82, 2.24) is 5.16 Å². The van der Waals surface area contributed by atoms with Crippen molar-refractivity contribution in [3.05, 3.63) is 41.3 Å². The van der Waals surface area contributed by atoms with Crippen molar-refractivity contribution < 1.29 is 21.9 Å². The smallest absolute Gasteiger partial charge is 0.344 e. The molecule has 0 aliphatic carbocycles. The molecule has 106 valence electrons. The molecule has 1 heterocycles. The predicted octanol–water partition coefficient (Wildman–Crippen LogP) is 2.26. The molecule has 0 aliphatic heterocycles. The number of nitrogens with zero attached hydrogens (tertiary/aromatic N) is 1. The van der Waals surface area contributed by atoms with Crippen molar-refractivity contribution in [3.63, 3.8) is 0 Å².